The fraction of sp³-hybridized carbons (Fsp3) is 0.259. The number of urea groups is 1. The van der Waals surface area contributed by atoms with Gasteiger partial charge < -0.3 is 15.0 Å². The van der Waals surface area contributed by atoms with E-state index in [0.717, 1.165) is 15.3 Å². The number of thiophene rings is 1. The van der Waals surface area contributed by atoms with Crippen LogP contribution in [0.3, 0.4) is 0 Å². The normalized spacial score (nSPS) is 15.3. The number of benzene rings is 2. The highest BCUT2D eigenvalue weighted by atomic mass is 32.1. The lowest BCUT2D eigenvalue weighted by Gasteiger charge is -2.21. The van der Waals surface area contributed by atoms with Crippen LogP contribution < -0.4 is 10.2 Å². The van der Waals surface area contributed by atoms with Crippen molar-refractivity contribution in [2.45, 2.75) is 32.7 Å². The second-order valence-electron chi connectivity index (χ2n) is 8.47. The van der Waals surface area contributed by atoms with E-state index in [1.165, 1.54) is 41.3 Å². The Hall–Kier alpha value is -4.05. The maximum absolute atomic E-state index is 13.4. The molecule has 37 heavy (non-hydrogen) atoms. The molecule has 0 saturated carbocycles. The Labute approximate surface area is 217 Å². The van der Waals surface area contributed by atoms with Crippen molar-refractivity contribution in [3.8, 4) is 0 Å². The van der Waals surface area contributed by atoms with Crippen molar-refractivity contribution in [3.05, 3.63) is 81.8 Å². The zero-order chi connectivity index (χ0) is 26.5. The lowest BCUT2D eigenvalue weighted by atomic mass is 10.1. The molecule has 4 rings (SSSR count). The maximum Gasteiger partial charge on any atom is 0.338 e. The topological polar surface area (TPSA) is 96.0 Å². The Morgan fingerprint density at radius 3 is 2.38 bits per heavy atom. The van der Waals surface area contributed by atoms with E-state index in [1.807, 2.05) is 18.4 Å². The predicted octanol–water partition coefficient (Wildman–Crippen LogP) is 4.78. The molecule has 1 atom stereocenters. The van der Waals surface area contributed by atoms with Gasteiger partial charge in [0.1, 0.15) is 11.9 Å². The molecular formula is C27H26FN3O5S. The number of nitrogens with zero attached hydrogens (tertiary/aromatic N) is 2. The van der Waals surface area contributed by atoms with Crippen molar-refractivity contribution in [2.24, 2.45) is 0 Å². The molecule has 1 aliphatic rings. The molecule has 1 fully saturated rings. The van der Waals surface area contributed by atoms with Gasteiger partial charge in [-0.1, -0.05) is 0 Å². The van der Waals surface area contributed by atoms with Crippen molar-refractivity contribution >= 4 is 46.5 Å². The summed E-state index contributed by atoms with van der Waals surface area (Å²) in [5, 5.41) is 4.68. The van der Waals surface area contributed by atoms with Gasteiger partial charge in [0, 0.05) is 17.1 Å². The number of hydrogen-bond acceptors (Lipinski definition) is 6. The predicted molar refractivity (Wildman–Crippen MR) is 138 cm³/mol. The second-order valence-corrected chi connectivity index (χ2v) is 9.47. The van der Waals surface area contributed by atoms with Gasteiger partial charge in [-0.25, -0.2) is 18.9 Å². The third-order valence-electron chi connectivity index (χ3n) is 6.01. The number of halogens is 1. The molecule has 2 heterocycles. The Morgan fingerprint density at radius 2 is 1.76 bits per heavy atom. The number of ether oxygens (including phenoxy) is 1. The third kappa shape index (κ3) is 5.86. The van der Waals surface area contributed by atoms with Crippen molar-refractivity contribution in [1.82, 2.24) is 4.90 Å². The van der Waals surface area contributed by atoms with Crippen LogP contribution >= 0.6 is 11.3 Å². The SMILES string of the molecule is CCOC(=O)c1ccc(NC(=O)CC2C(=O)N(c3ccc(F)cc3)C(=O)N2CCc2sccc2C)cc1. The number of rotatable bonds is 9. The van der Waals surface area contributed by atoms with E-state index >= 15 is 0 Å². The Kier molecular flexibility index (Phi) is 7.98. The first-order chi connectivity index (χ1) is 17.8. The van der Waals surface area contributed by atoms with Crippen molar-refractivity contribution in [3.63, 3.8) is 0 Å². The number of amides is 4. The smallest absolute Gasteiger partial charge is 0.338 e. The Bertz CT molecular complexity index is 1310. The fourth-order valence-electron chi connectivity index (χ4n) is 4.09. The molecule has 1 unspecified atom stereocenters. The summed E-state index contributed by atoms with van der Waals surface area (Å²) in [6.07, 6.45) is 0.276. The Balaban J connectivity index is 1.51. The molecule has 10 heteroatoms. The van der Waals surface area contributed by atoms with Crippen LogP contribution in [-0.2, 0) is 20.7 Å². The van der Waals surface area contributed by atoms with Gasteiger partial charge in [-0.15, -0.1) is 11.3 Å². The first-order valence-corrected chi connectivity index (χ1v) is 12.7. The van der Waals surface area contributed by atoms with Gasteiger partial charge in [0.15, 0.2) is 0 Å². The summed E-state index contributed by atoms with van der Waals surface area (Å²) in [6.45, 7) is 4.19. The first kappa shape index (κ1) is 26.0. The molecule has 8 nitrogen and oxygen atoms in total. The van der Waals surface area contributed by atoms with Crippen LogP contribution in [0.25, 0.3) is 0 Å². The van der Waals surface area contributed by atoms with Crippen molar-refractivity contribution < 1.29 is 28.3 Å². The fourth-order valence-corrected chi connectivity index (χ4v) is 4.99. The number of hydrogen-bond donors (Lipinski definition) is 1. The summed E-state index contributed by atoms with van der Waals surface area (Å²) in [5.41, 5.74) is 2.12. The van der Waals surface area contributed by atoms with E-state index in [4.69, 9.17) is 4.74 Å². The number of esters is 1. The van der Waals surface area contributed by atoms with E-state index in [0.29, 0.717) is 17.7 Å². The zero-order valence-electron chi connectivity index (χ0n) is 20.4. The largest absolute Gasteiger partial charge is 0.462 e. The van der Waals surface area contributed by atoms with Gasteiger partial charge in [0.2, 0.25) is 5.91 Å². The maximum atomic E-state index is 13.4. The van der Waals surface area contributed by atoms with Crippen molar-refractivity contribution in [1.29, 1.82) is 0 Å². The minimum absolute atomic E-state index is 0.242. The highest BCUT2D eigenvalue weighted by Gasteiger charge is 2.46. The van der Waals surface area contributed by atoms with Crippen LogP contribution in [-0.4, -0.2) is 47.9 Å². The highest BCUT2D eigenvalue weighted by Crippen LogP contribution is 2.28. The molecule has 0 spiro atoms. The lowest BCUT2D eigenvalue weighted by Crippen LogP contribution is -2.39. The minimum atomic E-state index is -1.02. The Morgan fingerprint density at radius 1 is 1.05 bits per heavy atom. The average molecular weight is 524 g/mol. The van der Waals surface area contributed by atoms with Gasteiger partial charge in [-0.3, -0.25) is 9.59 Å². The van der Waals surface area contributed by atoms with Crippen LogP contribution in [0.2, 0.25) is 0 Å². The standard InChI is InChI=1S/C27H26FN3O5S/c1-3-36-26(34)18-4-8-20(9-5-18)29-24(32)16-22-25(33)31(21-10-6-19(28)7-11-21)27(35)30(22)14-12-23-17(2)13-15-37-23/h4-11,13,15,22H,3,12,14,16H2,1-2H3,(H,29,32). The molecule has 3 aromatic rings. The van der Waals surface area contributed by atoms with E-state index in [1.54, 1.807) is 30.4 Å². The van der Waals surface area contributed by atoms with Crippen LogP contribution in [0.15, 0.2) is 60.0 Å². The summed E-state index contributed by atoms with van der Waals surface area (Å²) < 4.78 is 18.4. The van der Waals surface area contributed by atoms with Gasteiger partial charge in [-0.2, -0.15) is 0 Å². The third-order valence-corrected chi connectivity index (χ3v) is 7.09. The quantitative estimate of drug-likeness (QED) is 0.322. The van der Waals surface area contributed by atoms with Gasteiger partial charge in [0.05, 0.1) is 24.3 Å². The molecule has 4 amide bonds. The van der Waals surface area contributed by atoms with Gasteiger partial charge in [-0.05, 0) is 85.8 Å². The molecule has 0 radical (unpaired) electrons. The van der Waals surface area contributed by atoms with E-state index in [9.17, 15) is 23.6 Å². The molecule has 0 aliphatic carbocycles. The second kappa shape index (κ2) is 11.3. The van der Waals surface area contributed by atoms with Crippen molar-refractivity contribution in [2.75, 3.05) is 23.4 Å². The molecule has 1 aliphatic heterocycles. The number of carbonyl (C=O) groups is 4. The van der Waals surface area contributed by atoms with E-state index in [2.05, 4.69) is 5.32 Å². The summed E-state index contributed by atoms with van der Waals surface area (Å²) in [6, 6.07) is 11.7. The molecule has 0 bridgehead atoms. The summed E-state index contributed by atoms with van der Waals surface area (Å²) in [4.78, 5) is 54.9. The van der Waals surface area contributed by atoms with E-state index < -0.39 is 35.7 Å². The molecule has 1 aromatic heterocycles. The number of anilines is 2. The highest BCUT2D eigenvalue weighted by molar-refractivity contribution is 7.10. The number of imide groups is 1. The van der Waals surface area contributed by atoms with Gasteiger partial charge >= 0.3 is 12.0 Å². The molecule has 2 aromatic carbocycles. The van der Waals surface area contributed by atoms with Gasteiger partial charge in [0.25, 0.3) is 5.91 Å². The lowest BCUT2D eigenvalue weighted by molar-refractivity contribution is -0.124. The molecular weight excluding hydrogens is 497 g/mol. The van der Waals surface area contributed by atoms with Crippen LogP contribution in [0, 0.1) is 12.7 Å². The zero-order valence-corrected chi connectivity index (χ0v) is 21.2. The molecule has 1 N–H and O–H groups in total. The monoisotopic (exact) mass is 523 g/mol. The average Bonchev–Trinajstić information content (AvgIpc) is 3.38. The number of nitrogens with one attached hydrogen (secondary N) is 1. The number of carbonyl (C=O) groups excluding carboxylic acids is 4. The van der Waals surface area contributed by atoms with Crippen LogP contribution in [0.4, 0.5) is 20.6 Å². The summed E-state index contributed by atoms with van der Waals surface area (Å²) >= 11 is 1.57. The summed E-state index contributed by atoms with van der Waals surface area (Å²) in [7, 11) is 0. The number of aryl methyl sites for hydroxylation is 1. The van der Waals surface area contributed by atoms with Crippen LogP contribution in [0.5, 0.6) is 0 Å². The molecule has 192 valence electrons. The van der Waals surface area contributed by atoms with E-state index in [-0.39, 0.29) is 25.3 Å². The summed E-state index contributed by atoms with van der Waals surface area (Å²) in [5.74, 6) is -1.97. The first-order valence-electron chi connectivity index (χ1n) is 11.8. The minimum Gasteiger partial charge on any atom is -0.462 e. The molecule has 1 saturated heterocycles. The van der Waals surface area contributed by atoms with Crippen LogP contribution in [0.1, 0.15) is 34.1 Å².